The minimum absolute atomic E-state index is 0.983. The van der Waals surface area contributed by atoms with E-state index in [0.717, 1.165) is 19.8 Å². The topological polar surface area (TPSA) is 6.48 Å². The lowest BCUT2D eigenvalue weighted by Gasteiger charge is -2.45. The van der Waals surface area contributed by atoms with Crippen LogP contribution < -0.4 is 9.80 Å². The van der Waals surface area contributed by atoms with Crippen LogP contribution in [0.25, 0.3) is 21.5 Å². The minimum atomic E-state index is 0.983. The quantitative estimate of drug-likeness (QED) is 0.434. The zero-order valence-electron chi connectivity index (χ0n) is 13.9. The molecule has 0 aliphatic carbocycles. The Hall–Kier alpha value is -3.00. The first-order valence-corrected chi connectivity index (χ1v) is 8.90. The van der Waals surface area contributed by atoms with Crippen LogP contribution in [0.2, 0.25) is 0 Å². The molecule has 2 heterocycles. The van der Waals surface area contributed by atoms with Gasteiger partial charge in [0, 0.05) is 35.6 Å². The maximum atomic E-state index is 2.53. The van der Waals surface area contributed by atoms with E-state index in [-0.39, 0.29) is 0 Å². The van der Waals surface area contributed by atoms with Gasteiger partial charge in [0.2, 0.25) is 0 Å². The van der Waals surface area contributed by atoms with E-state index in [2.05, 4.69) is 82.6 Å². The predicted molar refractivity (Wildman–Crippen MR) is 105 cm³/mol. The monoisotopic (exact) mass is 322 g/mol. The first-order chi connectivity index (χ1) is 12.4. The number of hydrogen-bond acceptors (Lipinski definition) is 2. The second kappa shape index (κ2) is 4.76. The number of fused-ring (bicyclic) bond motifs is 10. The summed E-state index contributed by atoms with van der Waals surface area (Å²) in [6.07, 6.45) is 0. The Balaban J connectivity index is 1.59. The largest absolute Gasteiger partial charge is 0.349 e. The Morgan fingerprint density at radius 3 is 1.52 bits per heavy atom. The van der Waals surface area contributed by atoms with Crippen molar-refractivity contribution in [3.05, 3.63) is 83.9 Å². The lowest BCUT2D eigenvalue weighted by molar-refractivity contribution is 0.656. The molecule has 2 aliphatic heterocycles. The molecule has 0 saturated carbocycles. The zero-order chi connectivity index (χ0) is 16.4. The fourth-order valence-electron chi connectivity index (χ4n) is 4.58. The molecule has 2 aliphatic rings. The Bertz CT molecular complexity index is 1050. The summed E-state index contributed by atoms with van der Waals surface area (Å²) in [6.45, 7) is 2.95. The lowest BCUT2D eigenvalue weighted by atomic mass is 9.94. The van der Waals surface area contributed by atoms with Gasteiger partial charge in [-0.15, -0.1) is 0 Å². The van der Waals surface area contributed by atoms with E-state index < -0.39 is 0 Å². The molecule has 0 spiro atoms. The molecule has 6 rings (SSSR count). The molecule has 0 fully saturated rings. The van der Waals surface area contributed by atoms with Gasteiger partial charge in [0.1, 0.15) is 0 Å². The number of hydrogen-bond donors (Lipinski definition) is 0. The summed E-state index contributed by atoms with van der Waals surface area (Å²) in [6, 6.07) is 26.7. The molecular weight excluding hydrogens is 304 g/mol. The molecule has 2 heteroatoms. The third-order valence-electron chi connectivity index (χ3n) is 5.75. The third kappa shape index (κ3) is 1.79. The van der Waals surface area contributed by atoms with Gasteiger partial charge in [-0.25, -0.2) is 0 Å². The maximum Gasteiger partial charge on any atom is 0.0910 e. The summed E-state index contributed by atoms with van der Waals surface area (Å²) in [5.41, 5.74) is 5.72. The van der Waals surface area contributed by atoms with E-state index in [1.165, 1.54) is 44.0 Å². The summed E-state index contributed by atoms with van der Waals surface area (Å²) in [5, 5.41) is 5.45. The Labute approximate surface area is 146 Å². The van der Waals surface area contributed by atoms with Gasteiger partial charge in [-0.05, 0) is 33.7 Å². The molecule has 4 aromatic carbocycles. The molecule has 0 atom stereocenters. The van der Waals surface area contributed by atoms with Crippen molar-refractivity contribution in [3.8, 4) is 0 Å². The number of anilines is 2. The molecule has 0 unspecified atom stereocenters. The Morgan fingerprint density at radius 2 is 1.00 bits per heavy atom. The van der Waals surface area contributed by atoms with Crippen molar-refractivity contribution in [2.24, 2.45) is 0 Å². The van der Waals surface area contributed by atoms with E-state index in [1.807, 2.05) is 0 Å². The van der Waals surface area contributed by atoms with Gasteiger partial charge in [-0.1, -0.05) is 60.7 Å². The van der Waals surface area contributed by atoms with Crippen LogP contribution in [0.4, 0.5) is 11.4 Å². The number of rotatable bonds is 0. The molecule has 0 amide bonds. The first-order valence-electron chi connectivity index (χ1n) is 8.90. The molecular formula is C23H18N2. The SMILES string of the molecule is c1ccc2c3c(ccc2c1)N1Cc2c(ccc4ccccc24)N(C3)C1. The second-order valence-electron chi connectivity index (χ2n) is 7.11. The van der Waals surface area contributed by atoms with E-state index in [1.54, 1.807) is 0 Å². The van der Waals surface area contributed by atoms with Crippen LogP contribution in [0.5, 0.6) is 0 Å². The normalized spacial score (nSPS) is 15.4. The molecule has 0 radical (unpaired) electrons. The van der Waals surface area contributed by atoms with E-state index >= 15 is 0 Å². The Morgan fingerprint density at radius 1 is 0.520 bits per heavy atom. The molecule has 0 saturated heterocycles. The van der Waals surface area contributed by atoms with E-state index in [0.29, 0.717) is 0 Å². The number of benzene rings is 4. The highest BCUT2D eigenvalue weighted by Crippen LogP contribution is 2.42. The van der Waals surface area contributed by atoms with Crippen LogP contribution in [-0.2, 0) is 13.1 Å². The fourth-order valence-corrected chi connectivity index (χ4v) is 4.58. The average molecular weight is 322 g/mol. The smallest absolute Gasteiger partial charge is 0.0910 e. The van der Waals surface area contributed by atoms with Crippen molar-refractivity contribution in [3.63, 3.8) is 0 Å². The summed E-state index contributed by atoms with van der Waals surface area (Å²) in [7, 11) is 0. The molecule has 120 valence electrons. The first kappa shape index (κ1) is 13.3. The maximum absolute atomic E-state index is 2.53. The highest BCUT2D eigenvalue weighted by molar-refractivity contribution is 5.95. The van der Waals surface area contributed by atoms with Crippen molar-refractivity contribution in [1.29, 1.82) is 0 Å². The van der Waals surface area contributed by atoms with Crippen molar-refractivity contribution >= 4 is 32.9 Å². The second-order valence-corrected chi connectivity index (χ2v) is 7.11. The van der Waals surface area contributed by atoms with Crippen LogP contribution in [0.3, 0.4) is 0 Å². The van der Waals surface area contributed by atoms with Gasteiger partial charge in [0.05, 0.1) is 6.67 Å². The van der Waals surface area contributed by atoms with E-state index in [4.69, 9.17) is 0 Å². The molecule has 0 aromatic heterocycles. The molecule has 2 bridgehead atoms. The zero-order valence-corrected chi connectivity index (χ0v) is 13.9. The lowest BCUT2D eigenvalue weighted by Crippen LogP contribution is -2.46. The number of nitrogens with zero attached hydrogens (tertiary/aromatic N) is 2. The summed E-state index contributed by atoms with van der Waals surface area (Å²) >= 11 is 0. The third-order valence-corrected chi connectivity index (χ3v) is 5.75. The summed E-state index contributed by atoms with van der Waals surface area (Å²) < 4.78 is 0. The highest BCUT2D eigenvalue weighted by atomic mass is 15.4. The van der Waals surface area contributed by atoms with Gasteiger partial charge in [-0.2, -0.15) is 0 Å². The van der Waals surface area contributed by atoms with Crippen LogP contribution in [0.1, 0.15) is 11.1 Å². The standard InChI is InChI=1S/C23H18N2/c1-3-7-18-16(5-1)9-11-22-20(18)13-24-15-25(22)14-21-19-8-4-2-6-17(19)10-12-23(21)24/h1-12H,13-15H2. The van der Waals surface area contributed by atoms with Gasteiger partial charge in [-0.3, -0.25) is 0 Å². The van der Waals surface area contributed by atoms with Crippen LogP contribution >= 0.6 is 0 Å². The van der Waals surface area contributed by atoms with Crippen molar-refractivity contribution in [2.75, 3.05) is 16.5 Å². The van der Waals surface area contributed by atoms with E-state index in [9.17, 15) is 0 Å². The minimum Gasteiger partial charge on any atom is -0.349 e. The van der Waals surface area contributed by atoms with Gasteiger partial charge >= 0.3 is 0 Å². The van der Waals surface area contributed by atoms with Gasteiger partial charge < -0.3 is 9.80 Å². The molecule has 25 heavy (non-hydrogen) atoms. The average Bonchev–Trinajstić information content (AvgIpc) is 2.68. The fraction of sp³-hybridized carbons (Fsp3) is 0.130. The van der Waals surface area contributed by atoms with Crippen molar-refractivity contribution in [1.82, 2.24) is 0 Å². The highest BCUT2D eigenvalue weighted by Gasteiger charge is 2.30. The summed E-state index contributed by atoms with van der Waals surface area (Å²) in [4.78, 5) is 5.06. The van der Waals surface area contributed by atoms with Crippen LogP contribution in [0, 0.1) is 0 Å². The van der Waals surface area contributed by atoms with Crippen LogP contribution in [-0.4, -0.2) is 6.67 Å². The van der Waals surface area contributed by atoms with Gasteiger partial charge in [0.25, 0.3) is 0 Å². The predicted octanol–water partition coefficient (Wildman–Crippen LogP) is 5.29. The summed E-state index contributed by atoms with van der Waals surface area (Å²) in [5.74, 6) is 0. The molecule has 4 aromatic rings. The molecule has 2 nitrogen and oxygen atoms in total. The molecule has 0 N–H and O–H groups in total. The van der Waals surface area contributed by atoms with Crippen molar-refractivity contribution in [2.45, 2.75) is 13.1 Å². The van der Waals surface area contributed by atoms with Crippen molar-refractivity contribution < 1.29 is 0 Å². The Kier molecular flexibility index (Phi) is 2.53. The van der Waals surface area contributed by atoms with Crippen LogP contribution in [0.15, 0.2) is 72.8 Å². The van der Waals surface area contributed by atoms with Gasteiger partial charge in [0.15, 0.2) is 0 Å².